The summed E-state index contributed by atoms with van der Waals surface area (Å²) in [5, 5.41) is 10.7. The predicted molar refractivity (Wildman–Crippen MR) is 80.4 cm³/mol. The van der Waals surface area contributed by atoms with Gasteiger partial charge in [0, 0.05) is 11.6 Å². The smallest absolute Gasteiger partial charge is 0.416 e. The van der Waals surface area contributed by atoms with Crippen LogP contribution in [0.5, 0.6) is 11.5 Å². The van der Waals surface area contributed by atoms with Crippen molar-refractivity contribution in [2.75, 3.05) is 6.61 Å². The van der Waals surface area contributed by atoms with Crippen molar-refractivity contribution < 1.29 is 32.4 Å². The monoisotopic (exact) mass is 355 g/mol. The number of aryl methyl sites for hydroxylation is 1. The molecule has 0 fully saturated rings. The van der Waals surface area contributed by atoms with Gasteiger partial charge in [-0.25, -0.2) is 4.79 Å². The lowest BCUT2D eigenvalue weighted by Gasteiger charge is -2.10. The van der Waals surface area contributed by atoms with E-state index in [0.717, 1.165) is 18.2 Å². The lowest BCUT2D eigenvalue weighted by atomic mass is 10.2. The molecule has 6 nitrogen and oxygen atoms in total. The first kappa shape index (κ1) is 18.2. The third kappa shape index (κ3) is 4.93. The van der Waals surface area contributed by atoms with Crippen LogP contribution in [0.1, 0.15) is 11.1 Å². The van der Waals surface area contributed by atoms with Crippen molar-refractivity contribution >= 4 is 11.7 Å². The van der Waals surface area contributed by atoms with Gasteiger partial charge in [-0.2, -0.15) is 13.2 Å². The van der Waals surface area contributed by atoms with Crippen LogP contribution < -0.4 is 9.47 Å². The van der Waals surface area contributed by atoms with Crippen LogP contribution in [0.3, 0.4) is 0 Å². The number of benzene rings is 2. The fourth-order valence-electron chi connectivity index (χ4n) is 1.96. The molecule has 2 aromatic rings. The van der Waals surface area contributed by atoms with E-state index in [-0.39, 0.29) is 17.2 Å². The van der Waals surface area contributed by atoms with Crippen molar-refractivity contribution in [3.8, 4) is 11.5 Å². The molecular weight excluding hydrogens is 343 g/mol. The second-order valence-corrected chi connectivity index (χ2v) is 4.99. The summed E-state index contributed by atoms with van der Waals surface area (Å²) in [4.78, 5) is 21.8. The highest BCUT2D eigenvalue weighted by molar-refractivity contribution is 5.74. The molecule has 9 heteroatoms. The zero-order chi connectivity index (χ0) is 18.6. The molecule has 0 aliphatic carbocycles. The standard InChI is InChI=1S/C16H12F3NO5/c1-10-7-13(5-6-14(10)20(22)23)25-15(21)9-24-12-4-2-3-11(8-12)16(17,18)19/h2-8H,9H2,1H3. The van der Waals surface area contributed by atoms with Crippen molar-refractivity contribution in [2.24, 2.45) is 0 Å². The Balaban J connectivity index is 1.97. The Hall–Kier alpha value is -3.10. The Morgan fingerprint density at radius 1 is 1.16 bits per heavy atom. The average molecular weight is 355 g/mol. The number of carbonyl (C=O) groups is 1. The van der Waals surface area contributed by atoms with Gasteiger partial charge in [0.25, 0.3) is 5.69 Å². The van der Waals surface area contributed by atoms with Crippen molar-refractivity contribution in [3.05, 3.63) is 63.7 Å². The van der Waals surface area contributed by atoms with Crippen LogP contribution in [-0.4, -0.2) is 17.5 Å². The lowest BCUT2D eigenvalue weighted by molar-refractivity contribution is -0.385. The zero-order valence-electron chi connectivity index (χ0n) is 12.9. The number of nitro groups is 1. The summed E-state index contributed by atoms with van der Waals surface area (Å²) in [6.45, 7) is 0.867. The molecule has 0 aromatic heterocycles. The molecule has 0 saturated carbocycles. The second-order valence-electron chi connectivity index (χ2n) is 4.99. The van der Waals surface area contributed by atoms with E-state index in [1.54, 1.807) is 0 Å². The quantitative estimate of drug-likeness (QED) is 0.352. The molecule has 2 aromatic carbocycles. The second kappa shape index (κ2) is 7.20. The van der Waals surface area contributed by atoms with Gasteiger partial charge in [-0.05, 0) is 37.3 Å². The van der Waals surface area contributed by atoms with Gasteiger partial charge in [0.1, 0.15) is 11.5 Å². The number of nitrogens with zero attached hydrogens (tertiary/aromatic N) is 1. The van der Waals surface area contributed by atoms with E-state index in [9.17, 15) is 28.1 Å². The number of halogens is 3. The van der Waals surface area contributed by atoms with Crippen molar-refractivity contribution in [1.29, 1.82) is 0 Å². The van der Waals surface area contributed by atoms with Crippen LogP contribution in [0.4, 0.5) is 18.9 Å². The SMILES string of the molecule is Cc1cc(OC(=O)COc2cccc(C(F)(F)F)c2)ccc1[N+](=O)[O-]. The van der Waals surface area contributed by atoms with Crippen LogP contribution in [-0.2, 0) is 11.0 Å². The molecule has 0 saturated heterocycles. The Morgan fingerprint density at radius 3 is 2.48 bits per heavy atom. The van der Waals surface area contributed by atoms with E-state index in [1.165, 1.54) is 31.2 Å². The lowest BCUT2D eigenvalue weighted by Crippen LogP contribution is -2.18. The number of hydrogen-bond acceptors (Lipinski definition) is 5. The third-order valence-corrected chi connectivity index (χ3v) is 3.11. The number of nitro benzene ring substituents is 1. The number of ether oxygens (including phenoxy) is 2. The Kier molecular flexibility index (Phi) is 5.26. The van der Waals surface area contributed by atoms with Crippen LogP contribution in [0.2, 0.25) is 0 Å². The molecule has 0 bridgehead atoms. The van der Waals surface area contributed by atoms with E-state index in [1.807, 2.05) is 0 Å². The molecule has 0 aliphatic heterocycles. The topological polar surface area (TPSA) is 78.7 Å². The van der Waals surface area contributed by atoms with Crippen molar-refractivity contribution in [3.63, 3.8) is 0 Å². The Morgan fingerprint density at radius 2 is 1.88 bits per heavy atom. The molecule has 0 amide bonds. The van der Waals surface area contributed by atoms with Gasteiger partial charge in [0.2, 0.25) is 0 Å². The minimum absolute atomic E-state index is 0.0701. The Bertz CT molecular complexity index is 805. The van der Waals surface area contributed by atoms with Crippen LogP contribution in [0.15, 0.2) is 42.5 Å². The molecular formula is C16H12F3NO5. The maximum Gasteiger partial charge on any atom is 0.416 e. The highest BCUT2D eigenvalue weighted by Crippen LogP contribution is 2.31. The maximum absolute atomic E-state index is 12.6. The van der Waals surface area contributed by atoms with E-state index >= 15 is 0 Å². The average Bonchev–Trinajstić information content (AvgIpc) is 2.52. The van der Waals surface area contributed by atoms with Crippen LogP contribution >= 0.6 is 0 Å². The summed E-state index contributed by atoms with van der Waals surface area (Å²) < 4.78 is 47.7. The number of alkyl halides is 3. The fraction of sp³-hybridized carbons (Fsp3) is 0.188. The number of rotatable bonds is 5. The van der Waals surface area contributed by atoms with Gasteiger partial charge in [0.05, 0.1) is 10.5 Å². The van der Waals surface area contributed by atoms with Crippen molar-refractivity contribution in [1.82, 2.24) is 0 Å². The first-order chi connectivity index (χ1) is 11.7. The summed E-state index contributed by atoms with van der Waals surface area (Å²) in [5.41, 5.74) is -0.724. The number of esters is 1. The van der Waals surface area contributed by atoms with Gasteiger partial charge in [-0.1, -0.05) is 6.07 Å². The van der Waals surface area contributed by atoms with Gasteiger partial charge >= 0.3 is 12.1 Å². The molecule has 25 heavy (non-hydrogen) atoms. The summed E-state index contributed by atoms with van der Waals surface area (Å²) in [6.07, 6.45) is -4.52. The first-order valence-electron chi connectivity index (χ1n) is 6.92. The zero-order valence-corrected chi connectivity index (χ0v) is 12.9. The highest BCUT2D eigenvalue weighted by atomic mass is 19.4. The Labute approximate surface area is 139 Å². The summed E-state index contributed by atoms with van der Waals surface area (Å²) in [5.74, 6) is -0.918. The van der Waals surface area contributed by atoms with Gasteiger partial charge in [-0.3, -0.25) is 10.1 Å². The normalized spacial score (nSPS) is 11.0. The van der Waals surface area contributed by atoms with Gasteiger partial charge in [-0.15, -0.1) is 0 Å². The largest absolute Gasteiger partial charge is 0.482 e. The summed E-state index contributed by atoms with van der Waals surface area (Å²) in [7, 11) is 0. The van der Waals surface area contributed by atoms with E-state index in [2.05, 4.69) is 0 Å². The van der Waals surface area contributed by atoms with Gasteiger partial charge < -0.3 is 9.47 Å². The number of carbonyl (C=O) groups excluding carboxylic acids is 1. The molecule has 0 aliphatic rings. The molecule has 0 radical (unpaired) electrons. The summed E-state index contributed by atoms with van der Waals surface area (Å²) in [6, 6.07) is 7.81. The van der Waals surface area contributed by atoms with Crippen molar-refractivity contribution in [2.45, 2.75) is 13.1 Å². The highest BCUT2D eigenvalue weighted by Gasteiger charge is 2.30. The third-order valence-electron chi connectivity index (χ3n) is 3.11. The minimum Gasteiger partial charge on any atom is -0.482 e. The summed E-state index contributed by atoms with van der Waals surface area (Å²) >= 11 is 0. The molecule has 2 rings (SSSR count). The first-order valence-corrected chi connectivity index (χ1v) is 6.92. The van der Waals surface area contributed by atoms with E-state index < -0.39 is 29.2 Å². The molecule has 0 spiro atoms. The molecule has 0 unspecified atom stereocenters. The molecule has 0 heterocycles. The molecule has 0 atom stereocenters. The van der Waals surface area contributed by atoms with Gasteiger partial charge in [0.15, 0.2) is 6.61 Å². The van der Waals surface area contributed by atoms with E-state index in [4.69, 9.17) is 9.47 Å². The minimum atomic E-state index is -4.52. The molecule has 0 N–H and O–H groups in total. The van der Waals surface area contributed by atoms with E-state index in [0.29, 0.717) is 5.56 Å². The fourth-order valence-corrected chi connectivity index (χ4v) is 1.96. The maximum atomic E-state index is 12.6. The molecule has 132 valence electrons. The predicted octanol–water partition coefficient (Wildman–Crippen LogP) is 3.91. The van der Waals surface area contributed by atoms with Crippen LogP contribution in [0.25, 0.3) is 0 Å². The number of hydrogen-bond donors (Lipinski definition) is 0. The van der Waals surface area contributed by atoms with Crippen LogP contribution in [0, 0.1) is 17.0 Å².